The molecule has 0 spiro atoms. The van der Waals surface area contributed by atoms with Gasteiger partial charge in [-0.15, -0.1) is 0 Å². The van der Waals surface area contributed by atoms with E-state index in [1.807, 2.05) is 36.0 Å². The van der Waals surface area contributed by atoms with E-state index in [2.05, 4.69) is 6.92 Å². The molecule has 0 aliphatic heterocycles. The van der Waals surface area contributed by atoms with Crippen molar-refractivity contribution in [3.63, 3.8) is 0 Å². The van der Waals surface area contributed by atoms with Gasteiger partial charge < -0.3 is 9.84 Å². The van der Waals surface area contributed by atoms with E-state index in [1.54, 1.807) is 6.92 Å². The molecule has 0 saturated heterocycles. The van der Waals surface area contributed by atoms with Crippen molar-refractivity contribution in [2.75, 3.05) is 18.1 Å². The highest BCUT2D eigenvalue weighted by Gasteiger charge is 2.07. The predicted molar refractivity (Wildman–Crippen MR) is 70.2 cm³/mol. The largest absolute Gasteiger partial charge is 0.493 e. The van der Waals surface area contributed by atoms with E-state index >= 15 is 0 Å². The molecule has 0 saturated carbocycles. The SMILES string of the molecule is CCSCCCOc1ccccc1[C@H](C)O. The number of hydrogen-bond acceptors (Lipinski definition) is 3. The van der Waals surface area contributed by atoms with E-state index in [0.29, 0.717) is 0 Å². The summed E-state index contributed by atoms with van der Waals surface area (Å²) in [5, 5.41) is 9.56. The van der Waals surface area contributed by atoms with E-state index in [9.17, 15) is 5.11 Å². The molecule has 0 aliphatic carbocycles. The molecular weight excluding hydrogens is 220 g/mol. The van der Waals surface area contributed by atoms with Crippen LogP contribution in [0.2, 0.25) is 0 Å². The molecule has 0 unspecified atom stereocenters. The molecule has 0 heterocycles. The number of aliphatic hydroxyl groups is 1. The highest BCUT2D eigenvalue weighted by Crippen LogP contribution is 2.24. The zero-order valence-corrected chi connectivity index (χ0v) is 10.8. The van der Waals surface area contributed by atoms with Gasteiger partial charge in [0.15, 0.2) is 0 Å². The Hall–Kier alpha value is -0.670. The van der Waals surface area contributed by atoms with Gasteiger partial charge in [-0.25, -0.2) is 0 Å². The molecule has 16 heavy (non-hydrogen) atoms. The molecule has 0 aliphatic rings. The number of hydrogen-bond donors (Lipinski definition) is 1. The van der Waals surface area contributed by atoms with Crippen LogP contribution in [0.3, 0.4) is 0 Å². The molecule has 0 amide bonds. The van der Waals surface area contributed by atoms with Crippen LogP contribution in [0.1, 0.15) is 31.9 Å². The number of aliphatic hydroxyl groups excluding tert-OH is 1. The summed E-state index contributed by atoms with van der Waals surface area (Å²) in [6, 6.07) is 7.67. The molecule has 0 radical (unpaired) electrons. The molecule has 90 valence electrons. The third-order valence-corrected chi connectivity index (χ3v) is 3.25. The number of para-hydroxylation sites is 1. The number of thioether (sulfide) groups is 1. The molecule has 1 atom stereocenters. The van der Waals surface area contributed by atoms with Crippen molar-refractivity contribution in [2.45, 2.75) is 26.4 Å². The maximum absolute atomic E-state index is 9.56. The van der Waals surface area contributed by atoms with Crippen molar-refractivity contribution in [3.05, 3.63) is 29.8 Å². The molecular formula is C13H20O2S. The van der Waals surface area contributed by atoms with Gasteiger partial charge in [0.1, 0.15) is 5.75 Å². The smallest absolute Gasteiger partial charge is 0.125 e. The standard InChI is InChI=1S/C13H20O2S/c1-3-16-10-6-9-15-13-8-5-4-7-12(13)11(2)14/h4-5,7-8,11,14H,3,6,9-10H2,1-2H3/t11-/m0/s1. The van der Waals surface area contributed by atoms with E-state index in [-0.39, 0.29) is 0 Å². The first-order valence-corrected chi connectivity index (χ1v) is 6.88. The summed E-state index contributed by atoms with van der Waals surface area (Å²) in [7, 11) is 0. The number of benzene rings is 1. The van der Waals surface area contributed by atoms with Crippen molar-refractivity contribution >= 4 is 11.8 Å². The summed E-state index contributed by atoms with van der Waals surface area (Å²) < 4.78 is 5.67. The van der Waals surface area contributed by atoms with E-state index < -0.39 is 6.10 Å². The van der Waals surface area contributed by atoms with Crippen molar-refractivity contribution in [1.29, 1.82) is 0 Å². The second-order valence-corrected chi connectivity index (χ2v) is 5.01. The van der Waals surface area contributed by atoms with Crippen LogP contribution in [0.15, 0.2) is 24.3 Å². The lowest BCUT2D eigenvalue weighted by Gasteiger charge is -2.12. The molecule has 1 rings (SSSR count). The van der Waals surface area contributed by atoms with Crippen LogP contribution in [0, 0.1) is 0 Å². The maximum Gasteiger partial charge on any atom is 0.125 e. The Balaban J connectivity index is 2.41. The zero-order chi connectivity index (χ0) is 11.8. The van der Waals surface area contributed by atoms with Crippen LogP contribution in [-0.4, -0.2) is 23.2 Å². The monoisotopic (exact) mass is 240 g/mol. The van der Waals surface area contributed by atoms with Crippen LogP contribution in [0.25, 0.3) is 0 Å². The zero-order valence-electron chi connectivity index (χ0n) is 9.98. The topological polar surface area (TPSA) is 29.5 Å². The summed E-state index contributed by atoms with van der Waals surface area (Å²) in [6.07, 6.45) is 0.577. The average Bonchev–Trinajstić information content (AvgIpc) is 2.29. The summed E-state index contributed by atoms with van der Waals surface area (Å²) in [6.45, 7) is 4.64. The van der Waals surface area contributed by atoms with Gasteiger partial charge in [0.25, 0.3) is 0 Å². The van der Waals surface area contributed by atoms with Gasteiger partial charge in [-0.3, -0.25) is 0 Å². The second-order valence-electron chi connectivity index (χ2n) is 3.61. The molecule has 3 heteroatoms. The third-order valence-electron chi connectivity index (χ3n) is 2.26. The Bertz CT molecular complexity index is 300. The molecule has 2 nitrogen and oxygen atoms in total. The fraction of sp³-hybridized carbons (Fsp3) is 0.538. The van der Waals surface area contributed by atoms with Gasteiger partial charge in [0.2, 0.25) is 0 Å². The van der Waals surface area contributed by atoms with E-state index in [4.69, 9.17) is 4.74 Å². The Morgan fingerprint density at radius 3 is 2.81 bits per heavy atom. The van der Waals surface area contributed by atoms with Crippen molar-refractivity contribution in [3.8, 4) is 5.75 Å². The summed E-state index contributed by atoms with van der Waals surface area (Å²) in [5.41, 5.74) is 0.866. The number of ether oxygens (including phenoxy) is 1. The Kier molecular flexibility index (Phi) is 6.34. The highest BCUT2D eigenvalue weighted by molar-refractivity contribution is 7.99. The van der Waals surface area contributed by atoms with Crippen molar-refractivity contribution < 1.29 is 9.84 Å². The molecule has 1 aromatic carbocycles. The summed E-state index contributed by atoms with van der Waals surface area (Å²) >= 11 is 1.92. The van der Waals surface area contributed by atoms with Crippen LogP contribution in [0.4, 0.5) is 0 Å². The lowest BCUT2D eigenvalue weighted by atomic mass is 10.1. The second kappa shape index (κ2) is 7.58. The predicted octanol–water partition coefficient (Wildman–Crippen LogP) is 3.26. The van der Waals surface area contributed by atoms with Crippen LogP contribution in [0.5, 0.6) is 5.75 Å². The van der Waals surface area contributed by atoms with E-state index in [0.717, 1.165) is 35.8 Å². The minimum atomic E-state index is -0.471. The minimum absolute atomic E-state index is 0.471. The normalized spacial score (nSPS) is 12.4. The van der Waals surface area contributed by atoms with Gasteiger partial charge in [0.05, 0.1) is 12.7 Å². The molecule has 1 aromatic rings. The van der Waals surface area contributed by atoms with E-state index in [1.165, 1.54) is 0 Å². The van der Waals surface area contributed by atoms with Gasteiger partial charge in [-0.1, -0.05) is 25.1 Å². The van der Waals surface area contributed by atoms with Crippen molar-refractivity contribution in [1.82, 2.24) is 0 Å². The first-order valence-electron chi connectivity index (χ1n) is 5.73. The first-order chi connectivity index (χ1) is 7.75. The molecule has 0 aromatic heterocycles. The summed E-state index contributed by atoms with van der Waals surface area (Å²) in [4.78, 5) is 0. The van der Waals surface area contributed by atoms with Crippen LogP contribution < -0.4 is 4.74 Å². The van der Waals surface area contributed by atoms with Crippen molar-refractivity contribution in [2.24, 2.45) is 0 Å². The molecule has 0 bridgehead atoms. The van der Waals surface area contributed by atoms with Gasteiger partial charge in [-0.05, 0) is 30.9 Å². The lowest BCUT2D eigenvalue weighted by molar-refractivity contribution is 0.191. The Labute approximate surface area is 102 Å². The van der Waals surface area contributed by atoms with Gasteiger partial charge >= 0.3 is 0 Å². The maximum atomic E-state index is 9.56. The Morgan fingerprint density at radius 1 is 1.38 bits per heavy atom. The molecule has 0 fully saturated rings. The highest BCUT2D eigenvalue weighted by atomic mass is 32.2. The van der Waals surface area contributed by atoms with Crippen LogP contribution in [-0.2, 0) is 0 Å². The Morgan fingerprint density at radius 2 is 2.12 bits per heavy atom. The number of rotatable bonds is 7. The fourth-order valence-electron chi connectivity index (χ4n) is 1.44. The molecule has 1 N–H and O–H groups in total. The minimum Gasteiger partial charge on any atom is -0.493 e. The lowest BCUT2D eigenvalue weighted by Crippen LogP contribution is -2.03. The third kappa shape index (κ3) is 4.45. The van der Waals surface area contributed by atoms with Gasteiger partial charge in [0, 0.05) is 5.56 Å². The quantitative estimate of drug-likeness (QED) is 0.742. The average molecular weight is 240 g/mol. The summed E-state index contributed by atoms with van der Waals surface area (Å²) in [5.74, 6) is 3.09. The fourth-order valence-corrected chi connectivity index (χ4v) is 2.06. The van der Waals surface area contributed by atoms with Crippen LogP contribution >= 0.6 is 11.8 Å². The first kappa shape index (κ1) is 13.4. The van der Waals surface area contributed by atoms with Gasteiger partial charge in [-0.2, -0.15) is 11.8 Å².